The number of nitrogens with zero attached hydrogens (tertiary/aromatic N) is 4. The number of piperidine rings is 1. The lowest BCUT2D eigenvalue weighted by molar-refractivity contribution is -0.138. The SMILES string of the molecule is CS(=O)(=O)N1CCC2OC(c3nc(Nc4ccc(N5CCOCC5)cc4)ncc3C(F)(F)F)=CC2C1. The summed E-state index contributed by atoms with van der Waals surface area (Å²) >= 11 is 0. The quantitative estimate of drug-likeness (QED) is 0.636. The van der Waals surface area contributed by atoms with E-state index in [1.54, 1.807) is 6.08 Å². The number of hydrogen-bond donors (Lipinski definition) is 1. The lowest BCUT2D eigenvalue weighted by Crippen LogP contribution is -2.44. The number of halogens is 3. The van der Waals surface area contributed by atoms with E-state index in [0.29, 0.717) is 25.3 Å². The second kappa shape index (κ2) is 9.52. The van der Waals surface area contributed by atoms with E-state index < -0.39 is 27.9 Å². The summed E-state index contributed by atoms with van der Waals surface area (Å²) in [5.74, 6) is -0.376. The van der Waals surface area contributed by atoms with Crippen LogP contribution in [0.25, 0.3) is 5.76 Å². The van der Waals surface area contributed by atoms with Crippen LogP contribution in [0.2, 0.25) is 0 Å². The molecule has 0 amide bonds. The van der Waals surface area contributed by atoms with Gasteiger partial charge in [0.05, 0.1) is 19.5 Å². The van der Waals surface area contributed by atoms with Crippen LogP contribution >= 0.6 is 0 Å². The van der Waals surface area contributed by atoms with Gasteiger partial charge in [0.15, 0.2) is 0 Å². The Morgan fingerprint density at radius 3 is 2.50 bits per heavy atom. The van der Waals surface area contributed by atoms with Crippen LogP contribution in [0.3, 0.4) is 0 Å². The van der Waals surface area contributed by atoms with Crippen molar-refractivity contribution in [3.63, 3.8) is 0 Å². The van der Waals surface area contributed by atoms with Crippen LogP contribution in [-0.2, 0) is 25.7 Å². The van der Waals surface area contributed by atoms with Gasteiger partial charge in [-0.3, -0.25) is 0 Å². The average Bonchev–Trinajstić information content (AvgIpc) is 3.27. The Kier molecular flexibility index (Phi) is 6.55. The Bertz CT molecular complexity index is 1250. The predicted octanol–water partition coefficient (Wildman–Crippen LogP) is 3.10. The summed E-state index contributed by atoms with van der Waals surface area (Å²) in [6.07, 6.45) is -1.32. The van der Waals surface area contributed by atoms with Gasteiger partial charge in [0.2, 0.25) is 16.0 Å². The van der Waals surface area contributed by atoms with Gasteiger partial charge in [0.1, 0.15) is 23.1 Å². The summed E-state index contributed by atoms with van der Waals surface area (Å²) in [6, 6.07) is 7.45. The van der Waals surface area contributed by atoms with Crippen molar-refractivity contribution in [1.82, 2.24) is 14.3 Å². The number of benzene rings is 1. The second-order valence-corrected chi connectivity index (χ2v) is 11.0. The van der Waals surface area contributed by atoms with Gasteiger partial charge in [-0.25, -0.2) is 22.7 Å². The van der Waals surface area contributed by atoms with Crippen molar-refractivity contribution in [3.8, 4) is 0 Å². The molecule has 1 N–H and O–H groups in total. The van der Waals surface area contributed by atoms with E-state index >= 15 is 0 Å². The van der Waals surface area contributed by atoms with E-state index in [-0.39, 0.29) is 36.4 Å². The molecule has 3 aliphatic rings. The van der Waals surface area contributed by atoms with Gasteiger partial charge in [-0.1, -0.05) is 0 Å². The first kappa shape index (κ1) is 24.8. The van der Waals surface area contributed by atoms with E-state index in [4.69, 9.17) is 9.47 Å². The minimum atomic E-state index is -4.69. The molecule has 0 saturated carbocycles. The highest BCUT2D eigenvalue weighted by Gasteiger charge is 2.42. The van der Waals surface area contributed by atoms with Crippen LogP contribution in [0, 0.1) is 5.92 Å². The molecule has 5 rings (SSSR count). The Morgan fingerprint density at radius 1 is 1.11 bits per heavy atom. The third kappa shape index (κ3) is 5.27. The van der Waals surface area contributed by atoms with Gasteiger partial charge < -0.3 is 19.7 Å². The lowest BCUT2D eigenvalue weighted by Gasteiger charge is -2.32. The second-order valence-electron chi connectivity index (χ2n) is 8.99. The van der Waals surface area contributed by atoms with Crippen LogP contribution in [-0.4, -0.2) is 74.4 Å². The molecule has 9 nitrogen and oxygen atoms in total. The molecule has 4 heterocycles. The molecule has 1 aromatic heterocycles. The normalized spacial score (nSPS) is 23.1. The van der Waals surface area contributed by atoms with Crippen molar-refractivity contribution in [2.75, 3.05) is 55.9 Å². The standard InChI is InChI=1S/C23H26F3N5O4S/c1-36(32,33)31-7-6-19-15(14-31)12-20(35-19)21-18(23(24,25)26)13-27-22(29-21)28-16-2-4-17(5-3-16)30-8-10-34-11-9-30/h2-5,12-13,15,19H,6-11,14H2,1H3,(H,27,28,29). The third-order valence-corrected chi connectivity index (χ3v) is 7.76. The van der Waals surface area contributed by atoms with Gasteiger partial charge >= 0.3 is 6.18 Å². The van der Waals surface area contributed by atoms with Crippen molar-refractivity contribution >= 4 is 33.1 Å². The van der Waals surface area contributed by atoms with E-state index in [2.05, 4.69) is 20.2 Å². The molecule has 2 aromatic rings. The molecule has 3 aliphatic heterocycles. The summed E-state index contributed by atoms with van der Waals surface area (Å²) in [4.78, 5) is 10.2. The Balaban J connectivity index is 1.39. The molecule has 2 saturated heterocycles. The highest BCUT2D eigenvalue weighted by molar-refractivity contribution is 7.88. The van der Waals surface area contributed by atoms with E-state index in [1.807, 2.05) is 24.3 Å². The Hall–Kier alpha value is -2.90. The van der Waals surface area contributed by atoms with Gasteiger partial charge in [0.25, 0.3) is 0 Å². The fourth-order valence-corrected chi connectivity index (χ4v) is 5.49. The zero-order chi connectivity index (χ0) is 25.5. The molecular weight excluding hydrogens is 499 g/mol. The first-order chi connectivity index (χ1) is 17.1. The van der Waals surface area contributed by atoms with Crippen molar-refractivity contribution in [2.45, 2.75) is 18.7 Å². The lowest BCUT2D eigenvalue weighted by atomic mass is 9.97. The van der Waals surface area contributed by atoms with Gasteiger partial charge in [0, 0.05) is 49.7 Å². The number of nitrogens with one attached hydrogen (secondary N) is 1. The maximum atomic E-state index is 13.8. The van der Waals surface area contributed by atoms with E-state index in [1.165, 1.54) is 4.31 Å². The van der Waals surface area contributed by atoms with Gasteiger partial charge in [-0.2, -0.15) is 13.2 Å². The fraction of sp³-hybridized carbons (Fsp3) is 0.478. The number of alkyl halides is 3. The van der Waals surface area contributed by atoms with Crippen LogP contribution < -0.4 is 10.2 Å². The number of sulfonamides is 1. The summed E-state index contributed by atoms with van der Waals surface area (Å²) in [5, 5.41) is 2.96. The maximum absolute atomic E-state index is 13.8. The van der Waals surface area contributed by atoms with Crippen molar-refractivity contribution < 1.29 is 31.1 Å². The minimum absolute atomic E-state index is 0.00532. The number of morpholine rings is 1. The number of fused-ring (bicyclic) bond motifs is 1. The predicted molar refractivity (Wildman–Crippen MR) is 127 cm³/mol. The smallest absolute Gasteiger partial charge is 0.420 e. The molecule has 13 heteroatoms. The molecule has 2 atom stereocenters. The molecule has 0 aliphatic carbocycles. The van der Waals surface area contributed by atoms with Gasteiger partial charge in [-0.05, 0) is 36.8 Å². The zero-order valence-electron chi connectivity index (χ0n) is 19.5. The summed E-state index contributed by atoms with van der Waals surface area (Å²) in [6.45, 7) is 3.31. The molecule has 2 unspecified atom stereocenters. The number of ether oxygens (including phenoxy) is 2. The first-order valence-corrected chi connectivity index (χ1v) is 13.4. The molecule has 0 spiro atoms. The molecule has 194 valence electrons. The van der Waals surface area contributed by atoms with Crippen molar-refractivity contribution in [2.24, 2.45) is 5.92 Å². The average molecular weight is 526 g/mol. The topological polar surface area (TPSA) is 96.9 Å². The van der Waals surface area contributed by atoms with E-state index in [0.717, 1.165) is 31.2 Å². The highest BCUT2D eigenvalue weighted by atomic mass is 32.2. The number of rotatable bonds is 5. The summed E-state index contributed by atoms with van der Waals surface area (Å²) < 4.78 is 77.7. The van der Waals surface area contributed by atoms with E-state index in [9.17, 15) is 21.6 Å². The summed E-state index contributed by atoms with van der Waals surface area (Å²) in [5.41, 5.74) is 0.260. The largest absolute Gasteiger partial charge is 0.488 e. The van der Waals surface area contributed by atoms with Crippen molar-refractivity contribution in [1.29, 1.82) is 0 Å². The Labute approximate surface area is 207 Å². The van der Waals surface area contributed by atoms with Crippen LogP contribution in [0.1, 0.15) is 17.7 Å². The molecular formula is C23H26F3N5O4S. The zero-order valence-corrected chi connectivity index (χ0v) is 20.3. The van der Waals surface area contributed by atoms with Crippen LogP contribution in [0.4, 0.5) is 30.5 Å². The van der Waals surface area contributed by atoms with Crippen LogP contribution in [0.5, 0.6) is 0 Å². The number of aromatic nitrogens is 2. The molecule has 2 fully saturated rings. The molecule has 0 bridgehead atoms. The number of hydrogen-bond acceptors (Lipinski definition) is 8. The molecule has 1 aromatic carbocycles. The number of anilines is 3. The molecule has 36 heavy (non-hydrogen) atoms. The minimum Gasteiger partial charge on any atom is -0.488 e. The summed E-state index contributed by atoms with van der Waals surface area (Å²) in [7, 11) is -3.41. The maximum Gasteiger partial charge on any atom is 0.420 e. The monoisotopic (exact) mass is 525 g/mol. The van der Waals surface area contributed by atoms with Crippen LogP contribution in [0.15, 0.2) is 36.5 Å². The molecule has 0 radical (unpaired) electrons. The highest BCUT2D eigenvalue weighted by Crippen LogP contribution is 2.40. The van der Waals surface area contributed by atoms with Gasteiger partial charge in [-0.15, -0.1) is 0 Å². The third-order valence-electron chi connectivity index (χ3n) is 6.50. The van der Waals surface area contributed by atoms with Crippen molar-refractivity contribution in [3.05, 3.63) is 47.8 Å². The fourth-order valence-electron chi connectivity index (χ4n) is 4.61. The first-order valence-electron chi connectivity index (χ1n) is 11.6. The Morgan fingerprint density at radius 2 is 1.83 bits per heavy atom.